The van der Waals surface area contributed by atoms with Crippen molar-refractivity contribution in [2.75, 3.05) is 50.7 Å². The summed E-state index contributed by atoms with van der Waals surface area (Å²) in [6.07, 6.45) is 1.32. The Hall–Kier alpha value is -2.00. The normalized spacial score (nSPS) is 15.6. The molecule has 0 saturated carbocycles. The maximum atomic E-state index is 11.3. The van der Waals surface area contributed by atoms with Crippen molar-refractivity contribution >= 4 is 17.3 Å². The molecule has 0 bridgehead atoms. The van der Waals surface area contributed by atoms with E-state index in [0.717, 1.165) is 0 Å². The van der Waals surface area contributed by atoms with Gasteiger partial charge in [-0.2, -0.15) is 0 Å². The van der Waals surface area contributed by atoms with Gasteiger partial charge in [0.2, 0.25) is 11.6 Å². The van der Waals surface area contributed by atoms with Crippen LogP contribution in [-0.4, -0.2) is 60.3 Å². The lowest BCUT2D eigenvalue weighted by Gasteiger charge is -2.27. The van der Waals surface area contributed by atoms with Crippen molar-refractivity contribution in [3.05, 3.63) is 16.4 Å². The van der Waals surface area contributed by atoms with Crippen molar-refractivity contribution in [2.24, 2.45) is 0 Å². The fourth-order valence-corrected chi connectivity index (χ4v) is 1.84. The molecule has 0 atom stereocenters. The highest BCUT2D eigenvalue weighted by Crippen LogP contribution is 2.32. The smallest absolute Gasteiger partial charge is 0.354 e. The summed E-state index contributed by atoms with van der Waals surface area (Å²) >= 11 is 0. The zero-order valence-corrected chi connectivity index (χ0v) is 10.9. The molecule has 104 valence electrons. The van der Waals surface area contributed by atoms with Crippen molar-refractivity contribution in [3.63, 3.8) is 0 Å². The van der Waals surface area contributed by atoms with Crippen LogP contribution in [0.2, 0.25) is 0 Å². The van der Waals surface area contributed by atoms with Crippen molar-refractivity contribution in [1.82, 2.24) is 15.0 Å². The fourth-order valence-electron chi connectivity index (χ4n) is 1.84. The molecule has 0 aliphatic carbocycles. The molecule has 0 aromatic carbocycles. The van der Waals surface area contributed by atoms with Gasteiger partial charge in [0.05, 0.1) is 18.1 Å². The molecule has 1 aliphatic rings. The molecule has 1 aromatic rings. The van der Waals surface area contributed by atoms with Gasteiger partial charge in [-0.1, -0.05) is 0 Å². The summed E-state index contributed by atoms with van der Waals surface area (Å²) in [5.41, 5.74) is 2.70. The molecule has 2 rings (SSSR count). The zero-order valence-electron chi connectivity index (χ0n) is 10.9. The lowest BCUT2D eigenvalue weighted by atomic mass is 10.3. The van der Waals surface area contributed by atoms with Crippen LogP contribution in [0.4, 0.5) is 17.3 Å². The van der Waals surface area contributed by atoms with Gasteiger partial charge in [-0.05, 0) is 0 Å². The number of rotatable bonds is 4. The Morgan fingerprint density at radius 3 is 2.68 bits per heavy atom. The Bertz CT molecular complexity index is 461. The summed E-state index contributed by atoms with van der Waals surface area (Å²) < 4.78 is 5.24. The number of nitro groups is 1. The number of aromatic nitrogens is 2. The molecule has 0 unspecified atom stereocenters. The predicted octanol–water partition coefficient (Wildman–Crippen LogP) is 0.110. The third-order valence-electron chi connectivity index (χ3n) is 2.63. The maximum absolute atomic E-state index is 11.3. The molecule has 19 heavy (non-hydrogen) atoms. The van der Waals surface area contributed by atoms with Crippen molar-refractivity contribution in [2.45, 2.75) is 0 Å². The molecule has 1 saturated heterocycles. The van der Waals surface area contributed by atoms with Crippen LogP contribution >= 0.6 is 0 Å². The van der Waals surface area contributed by atoms with Gasteiger partial charge in [0.15, 0.2) is 0 Å². The molecule has 0 radical (unpaired) electrons. The summed E-state index contributed by atoms with van der Waals surface area (Å²) in [6, 6.07) is 0. The van der Waals surface area contributed by atoms with E-state index < -0.39 is 4.92 Å². The monoisotopic (exact) mass is 268 g/mol. The first kappa shape index (κ1) is 13.4. The second-order valence-corrected chi connectivity index (χ2v) is 4.26. The van der Waals surface area contributed by atoms with Gasteiger partial charge in [0.25, 0.3) is 0 Å². The van der Waals surface area contributed by atoms with E-state index in [2.05, 4.69) is 15.4 Å². The lowest BCUT2D eigenvalue weighted by molar-refractivity contribution is -0.383. The standard InChI is InChI=1S/C10H16N6O3/c1-14(2)13-9-8(16(17)18)10(12-7-11-9)15-3-5-19-6-4-15/h7H,3-6H2,1-2H3,(H,11,12,13). The molecule has 1 aliphatic heterocycles. The number of morpholine rings is 1. The fraction of sp³-hybridized carbons (Fsp3) is 0.600. The number of anilines is 2. The molecule has 2 heterocycles. The van der Waals surface area contributed by atoms with E-state index in [9.17, 15) is 10.1 Å². The topological polar surface area (TPSA) is 96.7 Å². The SMILES string of the molecule is CN(C)Nc1ncnc(N2CCOCC2)c1[N+](=O)[O-]. The zero-order chi connectivity index (χ0) is 13.8. The van der Waals surface area contributed by atoms with E-state index in [-0.39, 0.29) is 11.5 Å². The second-order valence-electron chi connectivity index (χ2n) is 4.26. The van der Waals surface area contributed by atoms with Gasteiger partial charge in [-0.3, -0.25) is 15.5 Å². The Labute approximate surface area is 110 Å². The number of ether oxygens (including phenoxy) is 1. The van der Waals surface area contributed by atoms with Crippen LogP contribution in [0, 0.1) is 10.1 Å². The molecule has 9 heteroatoms. The largest absolute Gasteiger partial charge is 0.378 e. The molecule has 0 amide bonds. The number of hydrogen-bond donors (Lipinski definition) is 1. The molecule has 0 spiro atoms. The molecular formula is C10H16N6O3. The van der Waals surface area contributed by atoms with E-state index in [4.69, 9.17) is 4.74 Å². The maximum Gasteiger partial charge on any atom is 0.354 e. The third kappa shape index (κ3) is 3.06. The van der Waals surface area contributed by atoms with Crippen LogP contribution in [-0.2, 0) is 4.74 Å². The second kappa shape index (κ2) is 5.76. The quantitative estimate of drug-likeness (QED) is 0.607. The van der Waals surface area contributed by atoms with E-state index in [0.29, 0.717) is 32.1 Å². The minimum atomic E-state index is -0.462. The molecule has 1 aromatic heterocycles. The summed E-state index contributed by atoms with van der Waals surface area (Å²) in [6.45, 7) is 2.24. The summed E-state index contributed by atoms with van der Waals surface area (Å²) in [5.74, 6) is 0.513. The molecule has 9 nitrogen and oxygen atoms in total. The number of nitrogens with one attached hydrogen (secondary N) is 1. The van der Waals surface area contributed by atoms with E-state index >= 15 is 0 Å². The van der Waals surface area contributed by atoms with Gasteiger partial charge in [-0.15, -0.1) is 0 Å². The van der Waals surface area contributed by atoms with Crippen molar-refractivity contribution < 1.29 is 9.66 Å². The van der Waals surface area contributed by atoms with Gasteiger partial charge in [-0.25, -0.2) is 15.0 Å². The highest BCUT2D eigenvalue weighted by molar-refractivity contribution is 5.70. The van der Waals surface area contributed by atoms with Gasteiger partial charge in [0, 0.05) is 27.2 Å². The van der Waals surface area contributed by atoms with Crippen LogP contribution in [0.25, 0.3) is 0 Å². The van der Waals surface area contributed by atoms with E-state index in [1.807, 2.05) is 4.90 Å². The van der Waals surface area contributed by atoms with E-state index in [1.54, 1.807) is 19.1 Å². The minimum Gasteiger partial charge on any atom is -0.378 e. The average Bonchev–Trinajstić information content (AvgIpc) is 2.38. The van der Waals surface area contributed by atoms with Crippen molar-refractivity contribution in [1.29, 1.82) is 0 Å². The summed E-state index contributed by atoms with van der Waals surface area (Å²) in [5, 5.41) is 12.9. The molecule has 1 fully saturated rings. The Morgan fingerprint density at radius 2 is 2.11 bits per heavy atom. The van der Waals surface area contributed by atoms with Crippen LogP contribution in [0.15, 0.2) is 6.33 Å². The summed E-state index contributed by atoms with van der Waals surface area (Å²) in [7, 11) is 3.47. The number of hydrogen-bond acceptors (Lipinski definition) is 8. The summed E-state index contributed by atoms with van der Waals surface area (Å²) in [4.78, 5) is 20.6. The predicted molar refractivity (Wildman–Crippen MR) is 69.0 cm³/mol. The van der Waals surface area contributed by atoms with E-state index in [1.165, 1.54) is 6.33 Å². The average molecular weight is 268 g/mol. The first-order chi connectivity index (χ1) is 9.09. The molecular weight excluding hydrogens is 252 g/mol. The Morgan fingerprint density at radius 1 is 1.42 bits per heavy atom. The minimum absolute atomic E-state index is 0.113. The molecule has 1 N–H and O–H groups in total. The Balaban J connectivity index is 2.38. The Kier molecular flexibility index (Phi) is 4.07. The van der Waals surface area contributed by atoms with Gasteiger partial charge >= 0.3 is 5.69 Å². The third-order valence-corrected chi connectivity index (χ3v) is 2.63. The highest BCUT2D eigenvalue weighted by atomic mass is 16.6. The van der Waals surface area contributed by atoms with Crippen LogP contribution in [0.5, 0.6) is 0 Å². The lowest BCUT2D eigenvalue weighted by Crippen LogP contribution is -2.37. The number of nitrogens with zero attached hydrogens (tertiary/aromatic N) is 5. The first-order valence-corrected chi connectivity index (χ1v) is 5.85. The van der Waals surface area contributed by atoms with Crippen molar-refractivity contribution in [3.8, 4) is 0 Å². The highest BCUT2D eigenvalue weighted by Gasteiger charge is 2.28. The first-order valence-electron chi connectivity index (χ1n) is 5.85. The van der Waals surface area contributed by atoms with Crippen LogP contribution < -0.4 is 10.3 Å². The van der Waals surface area contributed by atoms with Gasteiger partial charge < -0.3 is 9.64 Å². The number of hydrazine groups is 1. The van der Waals surface area contributed by atoms with Crippen LogP contribution in [0.1, 0.15) is 0 Å². The van der Waals surface area contributed by atoms with Crippen LogP contribution in [0.3, 0.4) is 0 Å². The van der Waals surface area contributed by atoms with Gasteiger partial charge in [0.1, 0.15) is 6.33 Å².